The summed E-state index contributed by atoms with van der Waals surface area (Å²) in [5, 5.41) is 16.7. The highest BCUT2D eigenvalue weighted by atomic mass is 79.9. The maximum absolute atomic E-state index is 11.9. The summed E-state index contributed by atoms with van der Waals surface area (Å²) >= 11 is 3.29. The van der Waals surface area contributed by atoms with Gasteiger partial charge in [0.15, 0.2) is 0 Å². The van der Waals surface area contributed by atoms with Crippen LogP contribution in [0, 0.1) is 0 Å². The lowest BCUT2D eigenvalue weighted by atomic mass is 10.2. The fourth-order valence-corrected chi connectivity index (χ4v) is 1.94. The highest BCUT2D eigenvalue weighted by Crippen LogP contribution is 2.17. The van der Waals surface area contributed by atoms with E-state index in [1.807, 2.05) is 20.8 Å². The molecule has 1 heterocycles. The van der Waals surface area contributed by atoms with Gasteiger partial charge in [-0.05, 0) is 42.6 Å². The van der Waals surface area contributed by atoms with Crippen molar-refractivity contribution in [3.05, 3.63) is 21.0 Å². The average molecular weight is 318 g/mol. The molecule has 1 atom stereocenters. The van der Waals surface area contributed by atoms with E-state index >= 15 is 0 Å². The Kier molecular flexibility index (Phi) is 5.81. The molecular weight excluding hydrogens is 298 g/mol. The van der Waals surface area contributed by atoms with E-state index in [0.29, 0.717) is 23.1 Å². The van der Waals surface area contributed by atoms with E-state index in [2.05, 4.69) is 26.3 Å². The van der Waals surface area contributed by atoms with Crippen LogP contribution in [0.3, 0.4) is 0 Å². The molecular formula is C12H20BrN3O2. The van der Waals surface area contributed by atoms with Gasteiger partial charge in [-0.3, -0.25) is 4.79 Å². The Morgan fingerprint density at radius 3 is 2.78 bits per heavy atom. The average Bonchev–Trinajstić information content (AvgIpc) is 2.33. The summed E-state index contributed by atoms with van der Waals surface area (Å²) in [6.45, 7) is 6.36. The van der Waals surface area contributed by atoms with Crippen LogP contribution in [-0.2, 0) is 0 Å². The van der Waals surface area contributed by atoms with Gasteiger partial charge in [0.05, 0.1) is 24.0 Å². The number of aliphatic hydroxyl groups is 1. The first kappa shape index (κ1) is 15.2. The molecule has 2 N–H and O–H groups in total. The van der Waals surface area contributed by atoms with Crippen LogP contribution in [0.4, 0.5) is 5.69 Å². The quantitative estimate of drug-likeness (QED) is 0.843. The summed E-state index contributed by atoms with van der Waals surface area (Å²) in [6, 6.07) is 0.0322. The van der Waals surface area contributed by atoms with Gasteiger partial charge < -0.3 is 10.4 Å². The van der Waals surface area contributed by atoms with Crippen molar-refractivity contribution in [2.75, 3.05) is 11.9 Å². The molecule has 0 spiro atoms. The second kappa shape index (κ2) is 6.89. The molecule has 0 bridgehead atoms. The molecule has 1 aromatic rings. The second-order valence-electron chi connectivity index (χ2n) is 4.49. The zero-order chi connectivity index (χ0) is 13.7. The lowest BCUT2D eigenvalue weighted by Gasteiger charge is -2.13. The van der Waals surface area contributed by atoms with Gasteiger partial charge in [0.25, 0.3) is 5.56 Å². The van der Waals surface area contributed by atoms with Crippen molar-refractivity contribution in [1.82, 2.24) is 9.78 Å². The van der Waals surface area contributed by atoms with Gasteiger partial charge in [0, 0.05) is 6.54 Å². The number of aliphatic hydroxyl groups excluding tert-OH is 1. The molecule has 0 aliphatic heterocycles. The van der Waals surface area contributed by atoms with Gasteiger partial charge in [-0.2, -0.15) is 5.10 Å². The Labute approximate surface area is 115 Å². The zero-order valence-corrected chi connectivity index (χ0v) is 12.6. The fraction of sp³-hybridized carbons (Fsp3) is 0.667. The Balaban J connectivity index is 2.74. The highest BCUT2D eigenvalue weighted by Gasteiger charge is 2.10. The van der Waals surface area contributed by atoms with Crippen LogP contribution < -0.4 is 10.9 Å². The van der Waals surface area contributed by atoms with Gasteiger partial charge in [-0.15, -0.1) is 0 Å². The van der Waals surface area contributed by atoms with Crippen molar-refractivity contribution in [3.8, 4) is 0 Å². The topological polar surface area (TPSA) is 67.2 Å². The SMILES string of the molecule is CCC(O)CCNc1cnn(C(C)C)c(=O)c1Br. The second-order valence-corrected chi connectivity index (χ2v) is 5.29. The summed E-state index contributed by atoms with van der Waals surface area (Å²) in [7, 11) is 0. The molecule has 18 heavy (non-hydrogen) atoms. The molecule has 0 amide bonds. The van der Waals surface area contributed by atoms with Gasteiger partial charge >= 0.3 is 0 Å². The monoisotopic (exact) mass is 317 g/mol. The third-order valence-electron chi connectivity index (χ3n) is 2.70. The van der Waals surface area contributed by atoms with Gasteiger partial charge in [0.1, 0.15) is 4.47 Å². The van der Waals surface area contributed by atoms with Crippen molar-refractivity contribution >= 4 is 21.6 Å². The number of halogens is 1. The number of hydrogen-bond donors (Lipinski definition) is 2. The first-order valence-electron chi connectivity index (χ1n) is 6.16. The van der Waals surface area contributed by atoms with Gasteiger partial charge in [0.2, 0.25) is 0 Å². The minimum Gasteiger partial charge on any atom is -0.393 e. The Morgan fingerprint density at radius 1 is 1.56 bits per heavy atom. The predicted octanol–water partition coefficient (Wildman–Crippen LogP) is 2.16. The van der Waals surface area contributed by atoms with E-state index in [9.17, 15) is 9.90 Å². The zero-order valence-electron chi connectivity index (χ0n) is 11.0. The summed E-state index contributed by atoms with van der Waals surface area (Å²) in [5.41, 5.74) is 0.520. The summed E-state index contributed by atoms with van der Waals surface area (Å²) in [6.07, 6.45) is 2.70. The van der Waals surface area contributed by atoms with Crippen molar-refractivity contribution in [3.63, 3.8) is 0 Å². The van der Waals surface area contributed by atoms with Crippen LogP contribution in [0.1, 0.15) is 39.7 Å². The normalized spacial score (nSPS) is 12.8. The smallest absolute Gasteiger partial charge is 0.283 e. The molecule has 0 saturated carbocycles. The number of nitrogens with zero attached hydrogens (tertiary/aromatic N) is 2. The molecule has 1 aromatic heterocycles. The van der Waals surface area contributed by atoms with Gasteiger partial charge in [-0.1, -0.05) is 6.92 Å². The predicted molar refractivity (Wildman–Crippen MR) is 76.0 cm³/mol. The maximum atomic E-state index is 11.9. The molecule has 0 aromatic carbocycles. The summed E-state index contributed by atoms with van der Waals surface area (Å²) < 4.78 is 1.91. The number of hydrogen-bond acceptors (Lipinski definition) is 4. The summed E-state index contributed by atoms with van der Waals surface area (Å²) in [5.74, 6) is 0. The van der Waals surface area contributed by atoms with Crippen molar-refractivity contribution in [1.29, 1.82) is 0 Å². The van der Waals surface area contributed by atoms with E-state index in [0.717, 1.165) is 6.42 Å². The molecule has 1 rings (SSSR count). The fourth-order valence-electron chi connectivity index (χ4n) is 1.51. The van der Waals surface area contributed by atoms with E-state index in [1.165, 1.54) is 4.68 Å². The van der Waals surface area contributed by atoms with Crippen molar-refractivity contribution in [2.24, 2.45) is 0 Å². The van der Waals surface area contributed by atoms with Crippen LogP contribution in [0.15, 0.2) is 15.5 Å². The molecule has 5 nitrogen and oxygen atoms in total. The third-order valence-corrected chi connectivity index (χ3v) is 3.46. The minimum absolute atomic E-state index is 0.0322. The van der Waals surface area contributed by atoms with Crippen LogP contribution in [0.5, 0.6) is 0 Å². The van der Waals surface area contributed by atoms with Crippen molar-refractivity contribution < 1.29 is 5.11 Å². The number of nitrogens with one attached hydrogen (secondary N) is 1. The third kappa shape index (κ3) is 3.81. The standard InChI is InChI=1S/C12H20BrN3O2/c1-4-9(17)5-6-14-10-7-15-16(8(2)3)12(18)11(10)13/h7-9,14,17H,4-6H2,1-3H3. The molecule has 0 fully saturated rings. The molecule has 1 unspecified atom stereocenters. The molecule has 0 radical (unpaired) electrons. The largest absolute Gasteiger partial charge is 0.393 e. The Hall–Kier alpha value is -0.880. The van der Waals surface area contributed by atoms with Gasteiger partial charge in [-0.25, -0.2) is 4.68 Å². The van der Waals surface area contributed by atoms with E-state index in [1.54, 1.807) is 6.20 Å². The number of aromatic nitrogens is 2. The first-order chi connectivity index (χ1) is 8.47. The summed E-state index contributed by atoms with van der Waals surface area (Å²) in [4.78, 5) is 11.9. The number of rotatable bonds is 6. The first-order valence-corrected chi connectivity index (χ1v) is 6.95. The minimum atomic E-state index is -0.305. The van der Waals surface area contributed by atoms with E-state index in [-0.39, 0.29) is 17.7 Å². The molecule has 6 heteroatoms. The molecule has 0 saturated heterocycles. The molecule has 102 valence electrons. The Morgan fingerprint density at radius 2 is 2.22 bits per heavy atom. The lowest BCUT2D eigenvalue weighted by molar-refractivity contribution is 0.164. The number of anilines is 1. The molecule has 0 aliphatic carbocycles. The van der Waals surface area contributed by atoms with Crippen LogP contribution in [-0.4, -0.2) is 27.5 Å². The van der Waals surface area contributed by atoms with E-state index in [4.69, 9.17) is 0 Å². The lowest BCUT2D eigenvalue weighted by Crippen LogP contribution is -2.26. The Bertz CT molecular complexity index is 445. The van der Waals surface area contributed by atoms with E-state index < -0.39 is 0 Å². The van der Waals surface area contributed by atoms with Crippen molar-refractivity contribution in [2.45, 2.75) is 45.8 Å². The van der Waals surface area contributed by atoms with Crippen LogP contribution >= 0.6 is 15.9 Å². The van der Waals surface area contributed by atoms with Crippen LogP contribution in [0.2, 0.25) is 0 Å². The maximum Gasteiger partial charge on any atom is 0.283 e. The highest BCUT2D eigenvalue weighted by molar-refractivity contribution is 9.10. The molecule has 0 aliphatic rings. The van der Waals surface area contributed by atoms with Crippen LogP contribution in [0.25, 0.3) is 0 Å².